The molecule has 3 atom stereocenters. The Hall–Kier alpha value is -1.39. The molecule has 1 rings (SSSR count). The van der Waals surface area contributed by atoms with Gasteiger partial charge < -0.3 is 14.6 Å². The summed E-state index contributed by atoms with van der Waals surface area (Å²) < 4.78 is 11.2. The Bertz CT molecular complexity index is 493. The minimum Gasteiger partial charge on any atom is -0.497 e. The van der Waals surface area contributed by atoms with Crippen LogP contribution in [0.15, 0.2) is 24.3 Å². The van der Waals surface area contributed by atoms with Gasteiger partial charge in [-0.05, 0) is 23.6 Å². The highest BCUT2D eigenvalue weighted by Crippen LogP contribution is 2.24. The third-order valence-corrected chi connectivity index (χ3v) is 4.44. The lowest BCUT2D eigenvalue weighted by Gasteiger charge is -2.31. The van der Waals surface area contributed by atoms with Crippen molar-refractivity contribution in [2.75, 3.05) is 7.11 Å². The van der Waals surface area contributed by atoms with E-state index in [9.17, 15) is 9.90 Å². The van der Waals surface area contributed by atoms with Crippen molar-refractivity contribution in [3.05, 3.63) is 29.8 Å². The number of Topliss-reactive ketones (excluding diaryl/α,β-unsaturated/α-hetero) is 1. The summed E-state index contributed by atoms with van der Waals surface area (Å²) in [6.45, 7) is 10.3. The smallest absolute Gasteiger partial charge is 0.138 e. The third-order valence-electron chi connectivity index (χ3n) is 4.44. The Morgan fingerprint density at radius 1 is 1.08 bits per heavy atom. The van der Waals surface area contributed by atoms with E-state index in [-0.39, 0.29) is 36.1 Å². The molecule has 24 heavy (non-hydrogen) atoms. The quantitative estimate of drug-likeness (QED) is 0.705. The van der Waals surface area contributed by atoms with E-state index in [4.69, 9.17) is 9.47 Å². The average Bonchev–Trinajstić information content (AvgIpc) is 2.54. The summed E-state index contributed by atoms with van der Waals surface area (Å²) in [4.78, 5) is 11.9. The van der Waals surface area contributed by atoms with E-state index in [1.54, 1.807) is 7.11 Å². The SMILES string of the molecule is COc1ccc(CO[C@@H](C(C)C)[C@@H](C)[C@@H](O)CC(=O)C(C)C)cc1. The number of ether oxygens (including phenoxy) is 2. The second-order valence-electron chi connectivity index (χ2n) is 7.12. The Kier molecular flexibility index (Phi) is 8.43. The van der Waals surface area contributed by atoms with Crippen LogP contribution >= 0.6 is 0 Å². The number of methoxy groups -OCH3 is 1. The number of hydrogen-bond acceptors (Lipinski definition) is 4. The molecule has 0 aliphatic heterocycles. The summed E-state index contributed by atoms with van der Waals surface area (Å²) in [5, 5.41) is 10.4. The Morgan fingerprint density at radius 3 is 2.12 bits per heavy atom. The maximum absolute atomic E-state index is 11.9. The van der Waals surface area contributed by atoms with Crippen molar-refractivity contribution >= 4 is 5.78 Å². The topological polar surface area (TPSA) is 55.8 Å². The van der Waals surface area contributed by atoms with E-state index < -0.39 is 6.10 Å². The average molecular weight is 336 g/mol. The number of hydrogen-bond donors (Lipinski definition) is 1. The Balaban J connectivity index is 2.66. The van der Waals surface area contributed by atoms with Crippen molar-refractivity contribution in [2.24, 2.45) is 17.8 Å². The van der Waals surface area contributed by atoms with Gasteiger partial charge in [-0.25, -0.2) is 0 Å². The van der Waals surface area contributed by atoms with E-state index in [1.807, 2.05) is 45.0 Å². The molecule has 0 fully saturated rings. The summed E-state index contributed by atoms with van der Waals surface area (Å²) in [7, 11) is 1.64. The molecule has 0 aliphatic rings. The molecule has 0 amide bonds. The number of benzene rings is 1. The number of carbonyl (C=O) groups is 1. The number of aliphatic hydroxyl groups is 1. The van der Waals surface area contributed by atoms with Gasteiger partial charge in [0.05, 0.1) is 25.9 Å². The van der Waals surface area contributed by atoms with Gasteiger partial charge in [0.15, 0.2) is 0 Å². The molecule has 136 valence electrons. The molecular formula is C20H32O4. The number of ketones is 1. The highest BCUT2D eigenvalue weighted by atomic mass is 16.5. The van der Waals surface area contributed by atoms with Crippen LogP contribution in [0.5, 0.6) is 5.75 Å². The lowest BCUT2D eigenvalue weighted by Crippen LogP contribution is -2.37. The molecule has 0 radical (unpaired) electrons. The van der Waals surface area contributed by atoms with E-state index in [1.165, 1.54) is 0 Å². The summed E-state index contributed by atoms with van der Waals surface area (Å²) >= 11 is 0. The van der Waals surface area contributed by atoms with Crippen LogP contribution in [-0.2, 0) is 16.1 Å². The molecule has 4 heteroatoms. The van der Waals surface area contributed by atoms with Crippen LogP contribution in [0.1, 0.15) is 46.6 Å². The van der Waals surface area contributed by atoms with E-state index in [0.717, 1.165) is 11.3 Å². The number of rotatable bonds is 10. The predicted octanol–water partition coefficient (Wildman–Crippen LogP) is 3.85. The highest BCUT2D eigenvalue weighted by molar-refractivity contribution is 5.80. The molecule has 0 unspecified atom stereocenters. The lowest BCUT2D eigenvalue weighted by molar-refractivity contribution is -0.126. The molecule has 0 spiro atoms. The first-order valence-electron chi connectivity index (χ1n) is 8.71. The fourth-order valence-corrected chi connectivity index (χ4v) is 2.71. The van der Waals surface area contributed by atoms with Crippen molar-refractivity contribution in [1.82, 2.24) is 0 Å². The van der Waals surface area contributed by atoms with Crippen LogP contribution in [-0.4, -0.2) is 30.2 Å². The van der Waals surface area contributed by atoms with E-state index in [2.05, 4.69) is 13.8 Å². The first-order chi connectivity index (χ1) is 11.3. The highest BCUT2D eigenvalue weighted by Gasteiger charge is 2.29. The minimum atomic E-state index is -0.678. The second kappa shape index (κ2) is 9.80. The van der Waals surface area contributed by atoms with E-state index in [0.29, 0.717) is 6.61 Å². The second-order valence-corrected chi connectivity index (χ2v) is 7.12. The molecule has 0 bridgehead atoms. The molecule has 1 N–H and O–H groups in total. The van der Waals surface area contributed by atoms with Crippen LogP contribution in [0.4, 0.5) is 0 Å². The van der Waals surface area contributed by atoms with Gasteiger partial charge in [0, 0.05) is 18.3 Å². The number of carbonyl (C=O) groups excluding carboxylic acids is 1. The fraction of sp³-hybridized carbons (Fsp3) is 0.650. The zero-order valence-corrected chi connectivity index (χ0v) is 15.8. The molecule has 0 aromatic heterocycles. The molecule has 0 saturated carbocycles. The molecule has 1 aromatic carbocycles. The van der Waals surface area contributed by atoms with Gasteiger partial charge in [-0.15, -0.1) is 0 Å². The molecule has 1 aromatic rings. The molecule has 4 nitrogen and oxygen atoms in total. The first kappa shape index (κ1) is 20.7. The lowest BCUT2D eigenvalue weighted by atomic mass is 9.86. The Labute approximate surface area is 146 Å². The molecule has 0 heterocycles. The van der Waals surface area contributed by atoms with Gasteiger partial charge in [0.25, 0.3) is 0 Å². The summed E-state index contributed by atoms with van der Waals surface area (Å²) in [6, 6.07) is 7.75. The third kappa shape index (κ3) is 6.25. The molecular weight excluding hydrogens is 304 g/mol. The zero-order valence-electron chi connectivity index (χ0n) is 15.8. The monoisotopic (exact) mass is 336 g/mol. The van der Waals surface area contributed by atoms with Gasteiger partial charge >= 0.3 is 0 Å². The van der Waals surface area contributed by atoms with Crippen molar-refractivity contribution in [3.63, 3.8) is 0 Å². The Morgan fingerprint density at radius 2 is 1.67 bits per heavy atom. The molecule has 0 saturated heterocycles. The van der Waals surface area contributed by atoms with Crippen LogP contribution in [0.3, 0.4) is 0 Å². The minimum absolute atomic E-state index is 0.0513. The number of aliphatic hydroxyl groups excluding tert-OH is 1. The molecule has 0 aliphatic carbocycles. The van der Waals surface area contributed by atoms with Crippen molar-refractivity contribution < 1.29 is 19.4 Å². The van der Waals surface area contributed by atoms with Gasteiger partial charge in [0.1, 0.15) is 11.5 Å². The summed E-state index contributed by atoms with van der Waals surface area (Å²) in [5.41, 5.74) is 1.06. The largest absolute Gasteiger partial charge is 0.497 e. The fourth-order valence-electron chi connectivity index (χ4n) is 2.71. The van der Waals surface area contributed by atoms with Gasteiger partial charge in [-0.1, -0.05) is 46.8 Å². The first-order valence-corrected chi connectivity index (χ1v) is 8.71. The summed E-state index contributed by atoms with van der Waals surface area (Å²) in [5.74, 6) is 1.000. The van der Waals surface area contributed by atoms with Crippen LogP contribution in [0.25, 0.3) is 0 Å². The maximum Gasteiger partial charge on any atom is 0.138 e. The van der Waals surface area contributed by atoms with Gasteiger partial charge in [-0.3, -0.25) is 4.79 Å². The van der Waals surface area contributed by atoms with Crippen LogP contribution < -0.4 is 4.74 Å². The van der Waals surface area contributed by atoms with Gasteiger partial charge in [0.2, 0.25) is 0 Å². The van der Waals surface area contributed by atoms with E-state index >= 15 is 0 Å². The van der Waals surface area contributed by atoms with Crippen molar-refractivity contribution in [2.45, 2.75) is 59.9 Å². The standard InChI is InChI=1S/C20H32O4/c1-13(2)18(21)11-19(22)15(5)20(14(3)4)24-12-16-7-9-17(23-6)10-8-16/h7-10,13-15,19-20,22H,11-12H2,1-6H3/t15-,19-,20-/m0/s1. The van der Waals surface area contributed by atoms with Gasteiger partial charge in [-0.2, -0.15) is 0 Å². The van der Waals surface area contributed by atoms with Crippen molar-refractivity contribution in [3.8, 4) is 5.75 Å². The predicted molar refractivity (Wildman–Crippen MR) is 96.0 cm³/mol. The summed E-state index contributed by atoms with van der Waals surface area (Å²) in [6.07, 6.45) is -0.598. The normalized spacial score (nSPS) is 15.4. The zero-order chi connectivity index (χ0) is 18.3. The van der Waals surface area contributed by atoms with Crippen LogP contribution in [0, 0.1) is 17.8 Å². The maximum atomic E-state index is 11.9. The van der Waals surface area contributed by atoms with Crippen LogP contribution in [0.2, 0.25) is 0 Å². The van der Waals surface area contributed by atoms with Crippen molar-refractivity contribution in [1.29, 1.82) is 0 Å².